The summed E-state index contributed by atoms with van der Waals surface area (Å²) in [4.78, 5) is 8.30. The zero-order chi connectivity index (χ0) is 13.7. The number of hydrogen-bond donors (Lipinski definition) is 3. The summed E-state index contributed by atoms with van der Waals surface area (Å²) in [6.07, 6.45) is 8.15. The molecule has 0 amide bonds. The number of aliphatic hydroxyl groups is 1. The summed E-state index contributed by atoms with van der Waals surface area (Å²) in [6, 6.07) is 0. The molecule has 0 aromatic carbocycles. The van der Waals surface area contributed by atoms with Gasteiger partial charge in [-0.1, -0.05) is 26.2 Å². The highest BCUT2D eigenvalue weighted by atomic mass is 16.3. The Kier molecular flexibility index (Phi) is 4.58. The quantitative estimate of drug-likeness (QED) is 0.757. The average Bonchev–Trinajstić information content (AvgIpc) is 2.46. The van der Waals surface area contributed by atoms with Crippen molar-refractivity contribution < 1.29 is 5.11 Å². The van der Waals surface area contributed by atoms with Gasteiger partial charge in [0.05, 0.1) is 6.61 Å². The van der Waals surface area contributed by atoms with Crippen molar-refractivity contribution in [1.29, 1.82) is 0 Å². The van der Waals surface area contributed by atoms with Gasteiger partial charge in [-0.2, -0.15) is 0 Å². The van der Waals surface area contributed by atoms with Gasteiger partial charge in [-0.25, -0.2) is 9.97 Å². The van der Waals surface area contributed by atoms with Crippen LogP contribution in [0.3, 0.4) is 0 Å². The smallest absolute Gasteiger partial charge is 0.134 e. The van der Waals surface area contributed by atoms with Crippen molar-refractivity contribution in [3.63, 3.8) is 0 Å². The Morgan fingerprint density at radius 2 is 2.05 bits per heavy atom. The van der Waals surface area contributed by atoms with Gasteiger partial charge in [0.25, 0.3) is 0 Å². The number of aliphatic hydroxyl groups excluding tert-OH is 1. The van der Waals surface area contributed by atoms with Crippen LogP contribution in [0.4, 0.5) is 11.6 Å². The molecule has 1 heterocycles. The van der Waals surface area contributed by atoms with Gasteiger partial charge in [-0.05, 0) is 19.3 Å². The first kappa shape index (κ1) is 14.1. The Morgan fingerprint density at radius 3 is 2.68 bits per heavy atom. The molecule has 0 radical (unpaired) electrons. The third kappa shape index (κ3) is 3.15. The lowest BCUT2D eigenvalue weighted by Gasteiger charge is -2.36. The molecule has 0 atom stereocenters. The monoisotopic (exact) mass is 264 g/mol. The standard InChI is InChI=1S/C14H24N4O/c1-2-11-12(15)17-10-18-13(11)16-8-14(9-19)6-4-3-5-7-14/h10,19H,2-9H2,1H3,(H3,15,16,17,18). The number of anilines is 2. The predicted octanol–water partition coefficient (Wildman–Crippen LogP) is 1.98. The van der Waals surface area contributed by atoms with Crippen molar-refractivity contribution in [3.05, 3.63) is 11.9 Å². The van der Waals surface area contributed by atoms with Crippen molar-refractivity contribution in [1.82, 2.24) is 9.97 Å². The molecule has 0 aliphatic heterocycles. The van der Waals surface area contributed by atoms with E-state index in [9.17, 15) is 5.11 Å². The van der Waals surface area contributed by atoms with Crippen LogP contribution in [0.1, 0.15) is 44.6 Å². The highest BCUT2D eigenvalue weighted by Crippen LogP contribution is 2.36. The molecule has 19 heavy (non-hydrogen) atoms. The SMILES string of the molecule is CCc1c(N)ncnc1NCC1(CO)CCCCC1. The lowest BCUT2D eigenvalue weighted by molar-refractivity contribution is 0.0943. The second kappa shape index (κ2) is 6.19. The minimum atomic E-state index is 0.00295. The van der Waals surface area contributed by atoms with Crippen LogP contribution >= 0.6 is 0 Å². The van der Waals surface area contributed by atoms with Gasteiger partial charge in [-0.3, -0.25) is 0 Å². The molecule has 1 aromatic heterocycles. The van der Waals surface area contributed by atoms with E-state index in [0.717, 1.165) is 37.2 Å². The molecular formula is C14H24N4O. The Hall–Kier alpha value is -1.36. The van der Waals surface area contributed by atoms with Crippen molar-refractivity contribution >= 4 is 11.6 Å². The van der Waals surface area contributed by atoms with E-state index < -0.39 is 0 Å². The largest absolute Gasteiger partial charge is 0.396 e. The molecule has 106 valence electrons. The second-order valence-electron chi connectivity index (χ2n) is 5.51. The van der Waals surface area contributed by atoms with Crippen LogP contribution in [0.2, 0.25) is 0 Å². The normalized spacial score (nSPS) is 18.2. The van der Waals surface area contributed by atoms with Crippen LogP contribution in [-0.4, -0.2) is 28.2 Å². The number of nitrogen functional groups attached to an aromatic ring is 1. The maximum atomic E-state index is 9.70. The number of nitrogens with zero attached hydrogens (tertiary/aromatic N) is 2. The number of nitrogens with one attached hydrogen (secondary N) is 1. The fraction of sp³-hybridized carbons (Fsp3) is 0.714. The molecule has 1 aromatic rings. The van der Waals surface area contributed by atoms with E-state index in [1.807, 2.05) is 6.92 Å². The fourth-order valence-corrected chi connectivity index (χ4v) is 2.89. The summed E-state index contributed by atoms with van der Waals surface area (Å²) in [5.41, 5.74) is 6.83. The van der Waals surface area contributed by atoms with E-state index >= 15 is 0 Å². The van der Waals surface area contributed by atoms with Crippen molar-refractivity contribution in [2.45, 2.75) is 45.4 Å². The van der Waals surface area contributed by atoms with Gasteiger partial charge >= 0.3 is 0 Å². The highest BCUT2D eigenvalue weighted by Gasteiger charge is 2.31. The number of aromatic nitrogens is 2. The molecule has 0 saturated heterocycles. The van der Waals surface area contributed by atoms with Crippen molar-refractivity contribution in [2.75, 3.05) is 24.2 Å². The number of hydrogen-bond acceptors (Lipinski definition) is 5. The third-order valence-electron chi connectivity index (χ3n) is 4.21. The van der Waals surface area contributed by atoms with Crippen molar-refractivity contribution in [2.24, 2.45) is 5.41 Å². The first-order valence-electron chi connectivity index (χ1n) is 7.15. The Morgan fingerprint density at radius 1 is 1.32 bits per heavy atom. The van der Waals surface area contributed by atoms with Crippen LogP contribution in [0.15, 0.2) is 6.33 Å². The summed E-state index contributed by atoms with van der Waals surface area (Å²) in [6.45, 7) is 3.04. The summed E-state index contributed by atoms with van der Waals surface area (Å²) in [7, 11) is 0. The zero-order valence-electron chi connectivity index (χ0n) is 11.7. The van der Waals surface area contributed by atoms with Crippen LogP contribution in [0.25, 0.3) is 0 Å². The van der Waals surface area contributed by atoms with E-state index in [0.29, 0.717) is 5.82 Å². The molecule has 0 spiro atoms. The number of rotatable bonds is 5. The molecule has 1 saturated carbocycles. The molecule has 0 unspecified atom stereocenters. The molecule has 1 aliphatic carbocycles. The molecule has 0 bridgehead atoms. The first-order chi connectivity index (χ1) is 9.21. The van der Waals surface area contributed by atoms with Crippen molar-refractivity contribution in [3.8, 4) is 0 Å². The average molecular weight is 264 g/mol. The Balaban J connectivity index is 2.07. The Labute approximate surface area is 114 Å². The minimum Gasteiger partial charge on any atom is -0.396 e. The molecule has 1 fully saturated rings. The van der Waals surface area contributed by atoms with E-state index in [1.165, 1.54) is 25.6 Å². The van der Waals surface area contributed by atoms with Gasteiger partial charge in [0, 0.05) is 17.5 Å². The van der Waals surface area contributed by atoms with E-state index in [2.05, 4.69) is 15.3 Å². The summed E-state index contributed by atoms with van der Waals surface area (Å²) in [5.74, 6) is 1.36. The maximum Gasteiger partial charge on any atom is 0.134 e. The zero-order valence-corrected chi connectivity index (χ0v) is 11.7. The topological polar surface area (TPSA) is 84.1 Å². The van der Waals surface area contributed by atoms with Crippen LogP contribution in [-0.2, 0) is 6.42 Å². The van der Waals surface area contributed by atoms with Crippen LogP contribution in [0.5, 0.6) is 0 Å². The minimum absolute atomic E-state index is 0.00295. The maximum absolute atomic E-state index is 9.70. The predicted molar refractivity (Wildman–Crippen MR) is 76.9 cm³/mol. The first-order valence-corrected chi connectivity index (χ1v) is 7.15. The summed E-state index contributed by atoms with van der Waals surface area (Å²) >= 11 is 0. The highest BCUT2D eigenvalue weighted by molar-refractivity contribution is 5.54. The summed E-state index contributed by atoms with van der Waals surface area (Å²) < 4.78 is 0. The lowest BCUT2D eigenvalue weighted by Crippen LogP contribution is -2.36. The lowest BCUT2D eigenvalue weighted by atomic mass is 9.74. The van der Waals surface area contributed by atoms with Gasteiger partial charge in [-0.15, -0.1) is 0 Å². The molecule has 4 N–H and O–H groups in total. The third-order valence-corrected chi connectivity index (χ3v) is 4.21. The van der Waals surface area contributed by atoms with E-state index in [4.69, 9.17) is 5.73 Å². The molecule has 1 aliphatic rings. The molecule has 2 rings (SSSR count). The van der Waals surface area contributed by atoms with Gasteiger partial charge in [0.15, 0.2) is 0 Å². The molecular weight excluding hydrogens is 240 g/mol. The van der Waals surface area contributed by atoms with Crippen LogP contribution in [0, 0.1) is 5.41 Å². The van der Waals surface area contributed by atoms with E-state index in [-0.39, 0.29) is 12.0 Å². The number of nitrogens with two attached hydrogens (primary N) is 1. The Bertz CT molecular complexity index is 416. The van der Waals surface area contributed by atoms with Gasteiger partial charge < -0.3 is 16.2 Å². The fourth-order valence-electron chi connectivity index (χ4n) is 2.89. The summed E-state index contributed by atoms with van der Waals surface area (Å²) in [5, 5.41) is 13.1. The van der Waals surface area contributed by atoms with Crippen LogP contribution < -0.4 is 11.1 Å². The second-order valence-corrected chi connectivity index (χ2v) is 5.51. The molecule has 5 heteroatoms. The van der Waals surface area contributed by atoms with Gasteiger partial charge in [0.1, 0.15) is 18.0 Å². The van der Waals surface area contributed by atoms with Gasteiger partial charge in [0.2, 0.25) is 0 Å². The van der Waals surface area contributed by atoms with E-state index in [1.54, 1.807) is 0 Å². The molecule has 5 nitrogen and oxygen atoms in total.